The summed E-state index contributed by atoms with van der Waals surface area (Å²) >= 11 is 2.98. The summed E-state index contributed by atoms with van der Waals surface area (Å²) in [7, 11) is 0. The number of nitrogens with one attached hydrogen (secondary N) is 1. The van der Waals surface area contributed by atoms with Crippen LogP contribution in [0, 0.1) is 11.3 Å². The molecule has 0 atom stereocenters. The van der Waals surface area contributed by atoms with Crippen molar-refractivity contribution in [1.29, 1.82) is 5.26 Å². The number of thioether (sulfide) groups is 1. The number of hydrogen-bond donors (Lipinski definition) is 1. The normalized spacial score (nSPS) is 15.4. The van der Waals surface area contributed by atoms with Gasteiger partial charge in [0.1, 0.15) is 5.54 Å². The lowest BCUT2D eigenvalue weighted by molar-refractivity contribution is -0.120. The molecule has 0 bridgehead atoms. The minimum Gasteiger partial charge on any atom is -0.337 e. The van der Waals surface area contributed by atoms with E-state index in [1.165, 1.54) is 11.8 Å². The molecule has 154 valence electrons. The molecule has 1 saturated carbocycles. The molecule has 0 saturated heterocycles. The van der Waals surface area contributed by atoms with Crippen molar-refractivity contribution in [3.8, 4) is 16.8 Å². The molecule has 1 amide bonds. The number of carbonyl (C=O) groups excluding carboxylic acids is 1. The molecular formula is C22H23N5OS2. The maximum Gasteiger partial charge on any atom is 0.231 e. The summed E-state index contributed by atoms with van der Waals surface area (Å²) in [5.74, 6) is 0.883. The van der Waals surface area contributed by atoms with E-state index in [-0.39, 0.29) is 11.7 Å². The molecule has 6 nitrogen and oxygen atoms in total. The second kappa shape index (κ2) is 9.45. The predicted octanol–water partition coefficient (Wildman–Crippen LogP) is 4.49. The number of nitrogens with zero attached hydrogens (tertiary/aromatic N) is 4. The Bertz CT molecular complexity index is 1020. The Morgan fingerprint density at radius 1 is 1.17 bits per heavy atom. The summed E-state index contributed by atoms with van der Waals surface area (Å²) in [6.07, 6.45) is 4.55. The van der Waals surface area contributed by atoms with Gasteiger partial charge in [-0.1, -0.05) is 67.4 Å². The second-order valence-corrected chi connectivity index (χ2v) is 9.34. The molecule has 0 spiro atoms. The monoisotopic (exact) mass is 437 g/mol. The first-order valence-electron chi connectivity index (χ1n) is 10.1. The van der Waals surface area contributed by atoms with Crippen LogP contribution in [0.15, 0.2) is 53.0 Å². The van der Waals surface area contributed by atoms with E-state index in [9.17, 15) is 10.1 Å². The Morgan fingerprint density at radius 3 is 2.67 bits per heavy atom. The fraction of sp³-hybridized carbons (Fsp3) is 0.364. The van der Waals surface area contributed by atoms with Gasteiger partial charge in [-0.15, -0.1) is 21.5 Å². The van der Waals surface area contributed by atoms with Crippen LogP contribution in [0.25, 0.3) is 10.7 Å². The molecule has 1 aromatic carbocycles. The van der Waals surface area contributed by atoms with Gasteiger partial charge in [0.15, 0.2) is 11.0 Å². The van der Waals surface area contributed by atoms with E-state index < -0.39 is 5.54 Å². The van der Waals surface area contributed by atoms with Crippen molar-refractivity contribution in [3.05, 3.63) is 53.4 Å². The van der Waals surface area contributed by atoms with Gasteiger partial charge in [0, 0.05) is 0 Å². The van der Waals surface area contributed by atoms with Crippen molar-refractivity contribution in [2.45, 2.75) is 49.3 Å². The number of nitriles is 1. The fourth-order valence-electron chi connectivity index (χ4n) is 3.75. The van der Waals surface area contributed by atoms with E-state index >= 15 is 0 Å². The Labute approximate surface area is 184 Å². The van der Waals surface area contributed by atoms with Crippen LogP contribution in [0.4, 0.5) is 0 Å². The number of aromatic nitrogens is 3. The minimum atomic E-state index is -0.713. The van der Waals surface area contributed by atoms with Crippen LogP contribution in [0.3, 0.4) is 0 Å². The third-order valence-electron chi connectivity index (χ3n) is 5.27. The Kier molecular flexibility index (Phi) is 6.50. The zero-order chi connectivity index (χ0) is 20.8. The van der Waals surface area contributed by atoms with Crippen LogP contribution in [0.5, 0.6) is 0 Å². The highest BCUT2D eigenvalue weighted by Gasteiger charge is 2.33. The Morgan fingerprint density at radius 2 is 1.97 bits per heavy atom. The number of hydrogen-bond acceptors (Lipinski definition) is 6. The van der Waals surface area contributed by atoms with Crippen LogP contribution in [-0.4, -0.2) is 32.0 Å². The summed E-state index contributed by atoms with van der Waals surface area (Å²) in [5, 5.41) is 24.1. The fourth-order valence-corrected chi connectivity index (χ4v) is 5.20. The van der Waals surface area contributed by atoms with Crippen molar-refractivity contribution in [1.82, 2.24) is 20.1 Å². The first-order valence-corrected chi connectivity index (χ1v) is 11.9. The molecule has 1 aliphatic carbocycles. The van der Waals surface area contributed by atoms with Gasteiger partial charge in [0.25, 0.3) is 0 Å². The summed E-state index contributed by atoms with van der Waals surface area (Å²) in [6, 6.07) is 16.5. The van der Waals surface area contributed by atoms with Gasteiger partial charge >= 0.3 is 0 Å². The highest BCUT2D eigenvalue weighted by molar-refractivity contribution is 7.99. The van der Waals surface area contributed by atoms with Gasteiger partial charge in [0.05, 0.1) is 23.2 Å². The standard InChI is InChI=1S/C22H23N5OS2/c23-16-22(11-5-2-6-12-22)24-19(28)15-30-21-26-25-20(18-10-7-13-29-18)27(21)14-17-8-3-1-4-9-17/h1,3-4,7-10,13H,2,5-6,11-12,14-15H2,(H,24,28). The number of thiophene rings is 1. The zero-order valence-electron chi connectivity index (χ0n) is 16.6. The maximum atomic E-state index is 12.6. The number of rotatable bonds is 7. The molecule has 2 heterocycles. The summed E-state index contributed by atoms with van der Waals surface area (Å²) in [6.45, 7) is 0.632. The first-order chi connectivity index (χ1) is 14.7. The topological polar surface area (TPSA) is 83.6 Å². The maximum absolute atomic E-state index is 12.6. The van der Waals surface area contributed by atoms with E-state index in [1.807, 2.05) is 35.7 Å². The lowest BCUT2D eigenvalue weighted by Crippen LogP contribution is -2.49. The summed E-state index contributed by atoms with van der Waals surface area (Å²) in [5.41, 5.74) is 0.433. The summed E-state index contributed by atoms with van der Waals surface area (Å²) in [4.78, 5) is 13.7. The van der Waals surface area contributed by atoms with Crippen LogP contribution >= 0.6 is 23.1 Å². The zero-order valence-corrected chi connectivity index (χ0v) is 18.2. The Balaban J connectivity index is 1.49. The SMILES string of the molecule is N#CC1(NC(=O)CSc2nnc(-c3cccs3)n2Cc2ccccc2)CCCCC1. The Hall–Kier alpha value is -2.63. The van der Waals surface area contributed by atoms with Gasteiger partial charge < -0.3 is 5.32 Å². The van der Waals surface area contributed by atoms with Gasteiger partial charge in [-0.2, -0.15) is 5.26 Å². The molecule has 1 N–H and O–H groups in total. The summed E-state index contributed by atoms with van der Waals surface area (Å²) < 4.78 is 2.06. The third-order valence-corrected chi connectivity index (χ3v) is 7.11. The molecule has 1 aliphatic rings. The van der Waals surface area contributed by atoms with E-state index in [2.05, 4.69) is 38.3 Å². The van der Waals surface area contributed by atoms with Crippen molar-refractivity contribution >= 4 is 29.0 Å². The van der Waals surface area contributed by atoms with Gasteiger partial charge in [-0.05, 0) is 29.9 Å². The van der Waals surface area contributed by atoms with Crippen LogP contribution in [0.2, 0.25) is 0 Å². The third kappa shape index (κ3) is 4.74. The molecular weight excluding hydrogens is 414 g/mol. The van der Waals surface area contributed by atoms with Crippen molar-refractivity contribution in [2.24, 2.45) is 0 Å². The molecule has 1 fully saturated rings. The average molecular weight is 438 g/mol. The van der Waals surface area contributed by atoms with Crippen molar-refractivity contribution in [2.75, 3.05) is 5.75 Å². The molecule has 0 aliphatic heterocycles. The van der Waals surface area contributed by atoms with Crippen LogP contribution in [0.1, 0.15) is 37.7 Å². The van der Waals surface area contributed by atoms with Crippen LogP contribution < -0.4 is 5.32 Å². The second-order valence-electron chi connectivity index (χ2n) is 7.45. The van der Waals surface area contributed by atoms with E-state index in [0.29, 0.717) is 11.7 Å². The number of carbonyl (C=O) groups is 1. The largest absolute Gasteiger partial charge is 0.337 e. The molecule has 8 heteroatoms. The van der Waals surface area contributed by atoms with Gasteiger partial charge in [0.2, 0.25) is 5.91 Å². The van der Waals surface area contributed by atoms with Crippen molar-refractivity contribution < 1.29 is 4.79 Å². The van der Waals surface area contributed by atoms with Gasteiger partial charge in [-0.25, -0.2) is 0 Å². The molecule has 0 radical (unpaired) electrons. The molecule has 0 unspecified atom stereocenters. The predicted molar refractivity (Wildman–Crippen MR) is 119 cm³/mol. The van der Waals surface area contributed by atoms with Gasteiger partial charge in [-0.3, -0.25) is 9.36 Å². The first kappa shape index (κ1) is 20.6. The van der Waals surface area contributed by atoms with E-state index in [1.54, 1.807) is 11.3 Å². The quantitative estimate of drug-likeness (QED) is 0.551. The highest BCUT2D eigenvalue weighted by atomic mass is 32.2. The average Bonchev–Trinajstić information content (AvgIpc) is 3.44. The smallest absolute Gasteiger partial charge is 0.231 e. The number of amides is 1. The molecule has 30 heavy (non-hydrogen) atoms. The molecule has 3 aromatic rings. The van der Waals surface area contributed by atoms with Crippen LogP contribution in [-0.2, 0) is 11.3 Å². The minimum absolute atomic E-state index is 0.129. The van der Waals surface area contributed by atoms with E-state index in [0.717, 1.165) is 48.4 Å². The van der Waals surface area contributed by atoms with Crippen molar-refractivity contribution in [3.63, 3.8) is 0 Å². The molecule has 2 aromatic heterocycles. The lowest BCUT2D eigenvalue weighted by Gasteiger charge is -2.31. The molecule has 4 rings (SSSR count). The lowest BCUT2D eigenvalue weighted by atomic mass is 9.83. The number of benzene rings is 1. The van der Waals surface area contributed by atoms with E-state index in [4.69, 9.17) is 0 Å². The highest BCUT2D eigenvalue weighted by Crippen LogP contribution is 2.30.